The van der Waals surface area contributed by atoms with Crippen molar-refractivity contribution in [3.63, 3.8) is 0 Å². The Bertz CT molecular complexity index is 553. The Balaban J connectivity index is 1.78. The van der Waals surface area contributed by atoms with Crippen molar-refractivity contribution in [1.29, 1.82) is 0 Å². The topological polar surface area (TPSA) is 66.8 Å². The van der Waals surface area contributed by atoms with Gasteiger partial charge in [0.1, 0.15) is 11.5 Å². The lowest BCUT2D eigenvalue weighted by atomic mass is 10.0. The molecule has 0 radical (unpaired) electrons. The molecule has 1 aliphatic heterocycles. The largest absolute Gasteiger partial charge is 0.480 e. The lowest BCUT2D eigenvalue weighted by Gasteiger charge is -2.38. The van der Waals surface area contributed by atoms with Crippen molar-refractivity contribution in [3.05, 3.63) is 35.9 Å². The van der Waals surface area contributed by atoms with E-state index in [9.17, 15) is 14.7 Å². The Hall–Kier alpha value is -1.88. The minimum Gasteiger partial charge on any atom is -0.480 e. The quantitative estimate of drug-likeness (QED) is 0.862. The molecule has 2 fully saturated rings. The van der Waals surface area contributed by atoms with Gasteiger partial charge in [0, 0.05) is 6.54 Å². The third kappa shape index (κ3) is 2.53. The summed E-state index contributed by atoms with van der Waals surface area (Å²) < 4.78 is 5.90. The highest BCUT2D eigenvalue weighted by atomic mass is 16.5. The smallest absolute Gasteiger partial charge is 0.319 e. The SMILES string of the molecule is CC1CN(C(=O)C2(C(=O)O)CC2)CC(c2ccccc2)O1. The van der Waals surface area contributed by atoms with E-state index >= 15 is 0 Å². The summed E-state index contributed by atoms with van der Waals surface area (Å²) in [6.45, 7) is 2.79. The number of morpholine rings is 1. The molecule has 0 bridgehead atoms. The predicted molar refractivity (Wildman–Crippen MR) is 75.6 cm³/mol. The van der Waals surface area contributed by atoms with E-state index in [0.717, 1.165) is 5.56 Å². The second kappa shape index (κ2) is 5.15. The lowest BCUT2D eigenvalue weighted by molar-refractivity contribution is -0.160. The molecule has 5 nitrogen and oxygen atoms in total. The second-order valence-electron chi connectivity index (χ2n) is 5.94. The Labute approximate surface area is 123 Å². The summed E-state index contributed by atoms with van der Waals surface area (Å²) in [5.41, 5.74) is -0.153. The molecule has 1 heterocycles. The molecule has 1 amide bonds. The first-order chi connectivity index (χ1) is 10.0. The van der Waals surface area contributed by atoms with Crippen LogP contribution in [0.15, 0.2) is 30.3 Å². The summed E-state index contributed by atoms with van der Waals surface area (Å²) in [6, 6.07) is 9.74. The van der Waals surface area contributed by atoms with Crippen LogP contribution in [0.4, 0.5) is 0 Å². The van der Waals surface area contributed by atoms with Crippen molar-refractivity contribution in [2.75, 3.05) is 13.1 Å². The van der Waals surface area contributed by atoms with Crippen molar-refractivity contribution in [2.45, 2.75) is 32.0 Å². The number of hydrogen-bond donors (Lipinski definition) is 1. The highest BCUT2D eigenvalue weighted by molar-refractivity contribution is 6.04. The minimum absolute atomic E-state index is 0.0995. The molecule has 1 aromatic carbocycles. The average molecular weight is 289 g/mol. The molecule has 0 spiro atoms. The van der Waals surface area contributed by atoms with Gasteiger partial charge in [-0.15, -0.1) is 0 Å². The second-order valence-corrected chi connectivity index (χ2v) is 5.94. The monoisotopic (exact) mass is 289 g/mol. The molecule has 2 unspecified atom stereocenters. The molecular formula is C16H19NO4. The van der Waals surface area contributed by atoms with E-state index in [4.69, 9.17) is 4.74 Å². The van der Waals surface area contributed by atoms with Gasteiger partial charge in [0.15, 0.2) is 0 Å². The number of nitrogens with zero attached hydrogens (tertiary/aromatic N) is 1. The molecular weight excluding hydrogens is 270 g/mol. The fourth-order valence-corrected chi connectivity index (χ4v) is 2.92. The van der Waals surface area contributed by atoms with E-state index < -0.39 is 11.4 Å². The number of carbonyl (C=O) groups excluding carboxylic acids is 1. The highest BCUT2D eigenvalue weighted by Crippen LogP contribution is 2.48. The van der Waals surface area contributed by atoms with Gasteiger partial charge in [-0.3, -0.25) is 9.59 Å². The van der Waals surface area contributed by atoms with Gasteiger partial charge in [-0.25, -0.2) is 0 Å². The van der Waals surface area contributed by atoms with Crippen LogP contribution in [0.25, 0.3) is 0 Å². The average Bonchev–Trinajstić information content (AvgIpc) is 3.28. The molecule has 21 heavy (non-hydrogen) atoms. The summed E-state index contributed by atoms with van der Waals surface area (Å²) in [4.78, 5) is 25.5. The molecule has 0 aromatic heterocycles. The Morgan fingerprint density at radius 1 is 1.24 bits per heavy atom. The van der Waals surface area contributed by atoms with Gasteiger partial charge in [-0.05, 0) is 25.3 Å². The molecule has 1 N–H and O–H groups in total. The summed E-state index contributed by atoms with van der Waals surface area (Å²) >= 11 is 0. The summed E-state index contributed by atoms with van der Waals surface area (Å²) in [5.74, 6) is -1.26. The fraction of sp³-hybridized carbons (Fsp3) is 0.500. The fourth-order valence-electron chi connectivity index (χ4n) is 2.92. The Morgan fingerprint density at radius 2 is 1.90 bits per heavy atom. The van der Waals surface area contributed by atoms with Crippen LogP contribution < -0.4 is 0 Å². The number of ether oxygens (including phenoxy) is 1. The standard InChI is InChI=1S/C16H19NO4/c1-11-9-17(14(18)16(7-8-16)15(19)20)10-13(21-11)12-5-3-2-4-6-12/h2-6,11,13H,7-10H2,1H3,(H,19,20). The van der Waals surface area contributed by atoms with Gasteiger partial charge in [0.2, 0.25) is 5.91 Å². The van der Waals surface area contributed by atoms with Gasteiger partial charge >= 0.3 is 5.97 Å². The van der Waals surface area contributed by atoms with Crippen LogP contribution in [0.1, 0.15) is 31.4 Å². The Morgan fingerprint density at radius 3 is 2.48 bits per heavy atom. The molecule has 1 saturated heterocycles. The normalized spacial score (nSPS) is 27.2. The van der Waals surface area contributed by atoms with E-state index in [-0.39, 0.29) is 18.1 Å². The van der Waals surface area contributed by atoms with Gasteiger partial charge in [0.25, 0.3) is 0 Å². The molecule has 5 heteroatoms. The third-order valence-corrected chi connectivity index (χ3v) is 4.29. The molecule has 2 aliphatic rings. The maximum Gasteiger partial charge on any atom is 0.319 e. The van der Waals surface area contributed by atoms with Crippen molar-refractivity contribution in [1.82, 2.24) is 4.90 Å². The lowest BCUT2D eigenvalue weighted by Crippen LogP contribution is -2.50. The van der Waals surface area contributed by atoms with Crippen LogP contribution >= 0.6 is 0 Å². The zero-order chi connectivity index (χ0) is 15.0. The minimum atomic E-state index is -1.17. The van der Waals surface area contributed by atoms with E-state index in [2.05, 4.69) is 0 Å². The van der Waals surface area contributed by atoms with Crippen LogP contribution in [-0.4, -0.2) is 41.1 Å². The van der Waals surface area contributed by atoms with Crippen LogP contribution in [0, 0.1) is 5.41 Å². The maximum absolute atomic E-state index is 12.5. The summed E-state index contributed by atoms with van der Waals surface area (Å²) in [6.07, 6.45) is 0.604. The third-order valence-electron chi connectivity index (χ3n) is 4.29. The van der Waals surface area contributed by atoms with Crippen molar-refractivity contribution >= 4 is 11.9 Å². The van der Waals surface area contributed by atoms with Crippen molar-refractivity contribution < 1.29 is 19.4 Å². The first kappa shape index (κ1) is 14.1. The number of carboxylic acid groups (broad SMARTS) is 1. The number of carboxylic acids is 1. The zero-order valence-electron chi connectivity index (χ0n) is 12.0. The van der Waals surface area contributed by atoms with Crippen LogP contribution in [0.3, 0.4) is 0 Å². The molecule has 1 saturated carbocycles. The van der Waals surface area contributed by atoms with Gasteiger partial charge < -0.3 is 14.7 Å². The molecule has 3 rings (SSSR count). The van der Waals surface area contributed by atoms with E-state index in [1.807, 2.05) is 37.3 Å². The van der Waals surface area contributed by atoms with Gasteiger partial charge in [-0.1, -0.05) is 30.3 Å². The molecule has 112 valence electrons. The van der Waals surface area contributed by atoms with Gasteiger partial charge in [-0.2, -0.15) is 0 Å². The van der Waals surface area contributed by atoms with Crippen LogP contribution in [-0.2, 0) is 14.3 Å². The molecule has 1 aliphatic carbocycles. The van der Waals surface area contributed by atoms with E-state index in [1.165, 1.54) is 0 Å². The Kier molecular flexibility index (Phi) is 3.45. The highest BCUT2D eigenvalue weighted by Gasteiger charge is 2.59. The van der Waals surface area contributed by atoms with Crippen molar-refractivity contribution in [2.24, 2.45) is 5.41 Å². The predicted octanol–water partition coefficient (Wildman–Crippen LogP) is 1.84. The summed E-state index contributed by atoms with van der Waals surface area (Å²) in [5, 5.41) is 9.27. The molecule has 1 aromatic rings. The number of benzene rings is 1. The van der Waals surface area contributed by atoms with Crippen LogP contribution in [0.5, 0.6) is 0 Å². The number of hydrogen-bond acceptors (Lipinski definition) is 3. The van der Waals surface area contributed by atoms with E-state index in [0.29, 0.717) is 25.9 Å². The first-order valence-electron chi connectivity index (χ1n) is 7.26. The maximum atomic E-state index is 12.5. The first-order valence-corrected chi connectivity index (χ1v) is 7.26. The van der Waals surface area contributed by atoms with Crippen molar-refractivity contribution in [3.8, 4) is 0 Å². The number of rotatable bonds is 3. The number of amides is 1. The molecule has 2 atom stereocenters. The number of carbonyl (C=O) groups is 2. The summed E-state index contributed by atoms with van der Waals surface area (Å²) in [7, 11) is 0. The van der Waals surface area contributed by atoms with Crippen LogP contribution in [0.2, 0.25) is 0 Å². The zero-order valence-corrected chi connectivity index (χ0v) is 12.0. The van der Waals surface area contributed by atoms with E-state index in [1.54, 1.807) is 4.90 Å². The number of aliphatic carboxylic acids is 1. The van der Waals surface area contributed by atoms with Gasteiger partial charge in [0.05, 0.1) is 12.6 Å².